The molecule has 1 N–H and O–H groups in total. The summed E-state index contributed by atoms with van der Waals surface area (Å²) in [5.74, 6) is -0.0496. The summed E-state index contributed by atoms with van der Waals surface area (Å²) in [5.41, 5.74) is 1.89. The van der Waals surface area contributed by atoms with Crippen LogP contribution in [0.2, 0.25) is 0 Å². The predicted octanol–water partition coefficient (Wildman–Crippen LogP) is 4.24. The molecule has 1 aromatic heterocycles. The number of amides is 1. The third-order valence-electron chi connectivity index (χ3n) is 2.82. The molecule has 0 aliphatic rings. The van der Waals surface area contributed by atoms with E-state index >= 15 is 0 Å². The molecular formula is C15H11BrN2OS. The fourth-order valence-corrected chi connectivity index (χ4v) is 3.02. The lowest BCUT2D eigenvalue weighted by molar-refractivity contribution is -0.115. The Balaban J connectivity index is 1.70. The standard InChI is InChI=1S/C15H11BrN2OS/c16-11-7-5-10(6-8-11)9-14(19)18-15-17-12-3-1-2-4-13(12)20-15/h1-8H,9H2,(H,17,18,19). The molecule has 3 nitrogen and oxygen atoms in total. The van der Waals surface area contributed by atoms with Crippen LogP contribution in [0, 0.1) is 0 Å². The minimum atomic E-state index is -0.0496. The molecule has 0 saturated heterocycles. The predicted molar refractivity (Wildman–Crippen MR) is 86.1 cm³/mol. The highest BCUT2D eigenvalue weighted by Crippen LogP contribution is 2.25. The van der Waals surface area contributed by atoms with Gasteiger partial charge in [0.25, 0.3) is 0 Å². The van der Waals surface area contributed by atoms with Crippen LogP contribution >= 0.6 is 27.3 Å². The zero-order valence-corrected chi connectivity index (χ0v) is 12.9. The van der Waals surface area contributed by atoms with Gasteiger partial charge in [-0.2, -0.15) is 0 Å². The number of rotatable bonds is 3. The summed E-state index contributed by atoms with van der Waals surface area (Å²) in [6, 6.07) is 15.6. The summed E-state index contributed by atoms with van der Waals surface area (Å²) >= 11 is 4.86. The number of halogens is 1. The highest BCUT2D eigenvalue weighted by Gasteiger charge is 2.08. The van der Waals surface area contributed by atoms with E-state index in [0.717, 1.165) is 20.3 Å². The molecule has 0 saturated carbocycles. The van der Waals surface area contributed by atoms with Gasteiger partial charge in [0.15, 0.2) is 5.13 Å². The number of nitrogens with zero attached hydrogens (tertiary/aromatic N) is 1. The van der Waals surface area contributed by atoms with Crippen molar-refractivity contribution in [3.05, 3.63) is 58.6 Å². The topological polar surface area (TPSA) is 42.0 Å². The van der Waals surface area contributed by atoms with E-state index in [1.54, 1.807) is 0 Å². The second kappa shape index (κ2) is 5.73. The average Bonchev–Trinajstić information content (AvgIpc) is 2.83. The van der Waals surface area contributed by atoms with Crippen molar-refractivity contribution < 1.29 is 4.79 Å². The summed E-state index contributed by atoms with van der Waals surface area (Å²) < 4.78 is 2.08. The molecule has 0 unspecified atom stereocenters. The number of thiazole rings is 1. The second-order valence-electron chi connectivity index (χ2n) is 4.34. The van der Waals surface area contributed by atoms with E-state index in [0.29, 0.717) is 11.6 Å². The van der Waals surface area contributed by atoms with Crippen LogP contribution in [0.1, 0.15) is 5.56 Å². The lowest BCUT2D eigenvalue weighted by atomic mass is 10.1. The highest BCUT2D eigenvalue weighted by atomic mass is 79.9. The Morgan fingerprint density at radius 1 is 1.15 bits per heavy atom. The van der Waals surface area contributed by atoms with Gasteiger partial charge in [-0.3, -0.25) is 4.79 Å². The fraction of sp³-hybridized carbons (Fsp3) is 0.0667. The maximum absolute atomic E-state index is 12.0. The Bertz CT molecular complexity index is 719. The third-order valence-corrected chi connectivity index (χ3v) is 4.30. The molecule has 0 aliphatic carbocycles. The van der Waals surface area contributed by atoms with Crippen LogP contribution in [0.4, 0.5) is 5.13 Å². The lowest BCUT2D eigenvalue weighted by Gasteiger charge is -2.02. The Kier molecular flexibility index (Phi) is 3.80. The average molecular weight is 347 g/mol. The van der Waals surface area contributed by atoms with Gasteiger partial charge in [0.05, 0.1) is 16.6 Å². The maximum atomic E-state index is 12.0. The first-order valence-corrected chi connectivity index (χ1v) is 7.71. The molecule has 0 radical (unpaired) electrons. The molecule has 3 aromatic rings. The Morgan fingerprint density at radius 2 is 1.90 bits per heavy atom. The molecule has 0 aliphatic heterocycles. The molecule has 0 atom stereocenters. The van der Waals surface area contributed by atoms with E-state index in [4.69, 9.17) is 0 Å². The minimum Gasteiger partial charge on any atom is -0.302 e. The fourth-order valence-electron chi connectivity index (χ4n) is 1.88. The van der Waals surface area contributed by atoms with Gasteiger partial charge >= 0.3 is 0 Å². The quantitative estimate of drug-likeness (QED) is 0.770. The number of fused-ring (bicyclic) bond motifs is 1. The van der Waals surface area contributed by atoms with Crippen LogP contribution in [0.25, 0.3) is 10.2 Å². The zero-order valence-electron chi connectivity index (χ0n) is 10.5. The first-order chi connectivity index (χ1) is 9.70. The Morgan fingerprint density at radius 3 is 2.65 bits per heavy atom. The molecular weight excluding hydrogens is 336 g/mol. The van der Waals surface area contributed by atoms with E-state index in [1.165, 1.54) is 11.3 Å². The van der Waals surface area contributed by atoms with Gasteiger partial charge in [-0.15, -0.1) is 0 Å². The Labute approximate surface area is 128 Å². The van der Waals surface area contributed by atoms with Crippen molar-refractivity contribution in [1.82, 2.24) is 4.98 Å². The van der Waals surface area contributed by atoms with Crippen molar-refractivity contribution in [2.75, 3.05) is 5.32 Å². The molecule has 1 amide bonds. The number of carbonyl (C=O) groups excluding carboxylic acids is 1. The van der Waals surface area contributed by atoms with Crippen LogP contribution in [0.15, 0.2) is 53.0 Å². The number of para-hydroxylation sites is 1. The van der Waals surface area contributed by atoms with Crippen LogP contribution in [-0.4, -0.2) is 10.9 Å². The number of nitrogens with one attached hydrogen (secondary N) is 1. The van der Waals surface area contributed by atoms with Gasteiger partial charge in [-0.1, -0.05) is 51.5 Å². The summed E-state index contributed by atoms with van der Waals surface area (Å²) in [5, 5.41) is 3.50. The Hall–Kier alpha value is -1.72. The molecule has 20 heavy (non-hydrogen) atoms. The van der Waals surface area contributed by atoms with Crippen LogP contribution in [-0.2, 0) is 11.2 Å². The van der Waals surface area contributed by atoms with Crippen molar-refractivity contribution in [3.63, 3.8) is 0 Å². The maximum Gasteiger partial charge on any atom is 0.230 e. The van der Waals surface area contributed by atoms with E-state index in [-0.39, 0.29) is 5.91 Å². The minimum absolute atomic E-state index is 0.0496. The molecule has 2 aromatic carbocycles. The molecule has 3 rings (SSSR count). The lowest BCUT2D eigenvalue weighted by Crippen LogP contribution is -2.14. The van der Waals surface area contributed by atoms with E-state index < -0.39 is 0 Å². The summed E-state index contributed by atoms with van der Waals surface area (Å²) in [6.45, 7) is 0. The molecule has 0 fully saturated rings. The van der Waals surface area contributed by atoms with Gasteiger partial charge in [0, 0.05) is 4.47 Å². The largest absolute Gasteiger partial charge is 0.302 e. The number of benzene rings is 2. The van der Waals surface area contributed by atoms with Crippen LogP contribution < -0.4 is 5.32 Å². The smallest absolute Gasteiger partial charge is 0.230 e. The summed E-state index contributed by atoms with van der Waals surface area (Å²) in [4.78, 5) is 16.4. The SMILES string of the molecule is O=C(Cc1ccc(Br)cc1)Nc1nc2ccccc2s1. The highest BCUT2D eigenvalue weighted by molar-refractivity contribution is 9.10. The van der Waals surface area contributed by atoms with Gasteiger partial charge in [0.2, 0.25) is 5.91 Å². The van der Waals surface area contributed by atoms with Crippen LogP contribution in [0.3, 0.4) is 0 Å². The second-order valence-corrected chi connectivity index (χ2v) is 6.28. The molecule has 5 heteroatoms. The molecule has 100 valence electrons. The summed E-state index contributed by atoms with van der Waals surface area (Å²) in [7, 11) is 0. The monoisotopic (exact) mass is 346 g/mol. The molecule has 1 heterocycles. The van der Waals surface area contributed by atoms with Crippen molar-refractivity contribution in [2.45, 2.75) is 6.42 Å². The molecule has 0 bridgehead atoms. The number of anilines is 1. The van der Waals surface area contributed by atoms with E-state index in [2.05, 4.69) is 26.2 Å². The zero-order chi connectivity index (χ0) is 13.9. The first-order valence-electron chi connectivity index (χ1n) is 6.10. The third kappa shape index (κ3) is 3.05. The van der Waals surface area contributed by atoms with Crippen LogP contribution in [0.5, 0.6) is 0 Å². The van der Waals surface area contributed by atoms with E-state index in [9.17, 15) is 4.79 Å². The van der Waals surface area contributed by atoms with Crippen molar-refractivity contribution in [3.8, 4) is 0 Å². The summed E-state index contributed by atoms with van der Waals surface area (Å²) in [6.07, 6.45) is 0.350. The first kappa shape index (κ1) is 13.3. The normalized spacial score (nSPS) is 10.7. The number of hydrogen-bond acceptors (Lipinski definition) is 3. The van der Waals surface area contributed by atoms with Gasteiger partial charge in [-0.25, -0.2) is 4.98 Å². The number of carbonyl (C=O) groups is 1. The van der Waals surface area contributed by atoms with Gasteiger partial charge < -0.3 is 5.32 Å². The van der Waals surface area contributed by atoms with Crippen molar-refractivity contribution in [2.24, 2.45) is 0 Å². The van der Waals surface area contributed by atoms with Gasteiger partial charge in [-0.05, 0) is 29.8 Å². The van der Waals surface area contributed by atoms with Crippen molar-refractivity contribution >= 4 is 48.5 Å². The number of hydrogen-bond donors (Lipinski definition) is 1. The number of aromatic nitrogens is 1. The van der Waals surface area contributed by atoms with Gasteiger partial charge in [0.1, 0.15) is 0 Å². The molecule has 0 spiro atoms. The van der Waals surface area contributed by atoms with Crippen molar-refractivity contribution in [1.29, 1.82) is 0 Å². The van der Waals surface area contributed by atoms with E-state index in [1.807, 2.05) is 48.5 Å².